The van der Waals surface area contributed by atoms with Gasteiger partial charge in [0.15, 0.2) is 11.5 Å². The fraction of sp³-hybridized carbons (Fsp3) is 0.500. The predicted octanol–water partition coefficient (Wildman–Crippen LogP) is 5.90. The van der Waals surface area contributed by atoms with Crippen molar-refractivity contribution in [2.75, 3.05) is 36.0 Å². The molecule has 3 fully saturated rings. The van der Waals surface area contributed by atoms with Gasteiger partial charge in [-0.1, -0.05) is 35.9 Å². The largest absolute Gasteiger partial charge is 0.391 e. The number of hydrogen-bond donors (Lipinski definition) is 1. The summed E-state index contributed by atoms with van der Waals surface area (Å²) in [5, 5.41) is 11.4. The van der Waals surface area contributed by atoms with E-state index in [1.165, 1.54) is 11.1 Å². The van der Waals surface area contributed by atoms with Gasteiger partial charge in [0.2, 0.25) is 0 Å². The molecule has 7 heteroatoms. The number of nitrogens with zero attached hydrogens (tertiary/aromatic N) is 4. The van der Waals surface area contributed by atoms with Gasteiger partial charge < -0.3 is 14.9 Å². The molecule has 0 spiro atoms. The predicted molar refractivity (Wildman–Crippen MR) is 139 cm³/mol. The van der Waals surface area contributed by atoms with Crippen molar-refractivity contribution in [1.29, 1.82) is 0 Å². The van der Waals surface area contributed by atoms with E-state index in [4.69, 9.17) is 16.6 Å². The molecule has 2 saturated heterocycles. The number of halogens is 2. The molecule has 3 aromatic rings. The van der Waals surface area contributed by atoms with Crippen LogP contribution in [-0.4, -0.2) is 47.4 Å². The van der Waals surface area contributed by atoms with E-state index in [2.05, 4.69) is 52.0 Å². The Labute approximate surface area is 210 Å². The van der Waals surface area contributed by atoms with Crippen molar-refractivity contribution in [2.45, 2.75) is 63.1 Å². The van der Waals surface area contributed by atoms with E-state index < -0.39 is 5.67 Å². The lowest BCUT2D eigenvalue weighted by Gasteiger charge is -2.36. The maximum Gasteiger partial charge on any atom is 0.170 e. The Bertz CT molecular complexity index is 1260. The third kappa shape index (κ3) is 4.15. The highest BCUT2D eigenvalue weighted by atomic mass is 35.5. The second-order valence-electron chi connectivity index (χ2n) is 10.5. The lowest BCUT2D eigenvalue weighted by atomic mass is 9.81. The van der Waals surface area contributed by atoms with E-state index in [1.54, 1.807) is 0 Å². The van der Waals surface area contributed by atoms with Gasteiger partial charge in [0.1, 0.15) is 5.82 Å². The van der Waals surface area contributed by atoms with Crippen LogP contribution in [0, 0.1) is 6.92 Å². The summed E-state index contributed by atoms with van der Waals surface area (Å²) in [5.74, 6) is 1.59. The highest BCUT2D eigenvalue weighted by Crippen LogP contribution is 2.46. The van der Waals surface area contributed by atoms with Crippen LogP contribution in [0.2, 0.25) is 5.02 Å². The number of alkyl halides is 1. The number of hydrogen-bond acceptors (Lipinski definition) is 5. The van der Waals surface area contributed by atoms with Crippen molar-refractivity contribution in [3.63, 3.8) is 0 Å². The summed E-state index contributed by atoms with van der Waals surface area (Å²) in [7, 11) is 0. The highest BCUT2D eigenvalue weighted by molar-refractivity contribution is 6.35. The number of fused-ring (bicyclic) bond motifs is 1. The summed E-state index contributed by atoms with van der Waals surface area (Å²) >= 11 is 6.77. The van der Waals surface area contributed by atoms with Crippen LogP contribution in [0.15, 0.2) is 36.4 Å². The minimum atomic E-state index is -1.45. The van der Waals surface area contributed by atoms with Gasteiger partial charge in [-0.15, -0.1) is 0 Å². The van der Waals surface area contributed by atoms with Crippen molar-refractivity contribution >= 4 is 34.0 Å². The van der Waals surface area contributed by atoms with Crippen LogP contribution in [0.25, 0.3) is 10.9 Å². The second-order valence-corrected chi connectivity index (χ2v) is 10.9. The Morgan fingerprint density at radius 3 is 2.43 bits per heavy atom. The molecule has 0 amide bonds. The molecule has 6 rings (SSSR count). The van der Waals surface area contributed by atoms with Crippen molar-refractivity contribution in [3.8, 4) is 0 Å². The number of aryl methyl sites for hydroxylation is 1. The van der Waals surface area contributed by atoms with E-state index in [9.17, 15) is 5.11 Å². The zero-order valence-corrected chi connectivity index (χ0v) is 20.9. The molecule has 0 bridgehead atoms. The van der Waals surface area contributed by atoms with E-state index in [0.717, 1.165) is 62.2 Å². The molecule has 5 nitrogen and oxygen atoms in total. The van der Waals surface area contributed by atoms with Crippen LogP contribution in [0.3, 0.4) is 0 Å². The van der Waals surface area contributed by atoms with Gasteiger partial charge >= 0.3 is 0 Å². The molecule has 1 saturated carbocycles. The van der Waals surface area contributed by atoms with Gasteiger partial charge in [-0.2, -0.15) is 0 Å². The molecule has 2 aliphatic heterocycles. The Balaban J connectivity index is 1.38. The van der Waals surface area contributed by atoms with Crippen LogP contribution in [0.1, 0.15) is 61.4 Å². The maximum absolute atomic E-state index is 15.5. The smallest absolute Gasteiger partial charge is 0.170 e. The summed E-state index contributed by atoms with van der Waals surface area (Å²) in [5.41, 5.74) is 2.90. The number of aliphatic hydroxyl groups is 1. The first-order valence-corrected chi connectivity index (χ1v) is 13.2. The standard InChI is InChI=1S/C28H32ClFN4O/c1-18-5-2-3-6-22(18)19-7-12-33(13-8-19)26-23-15-20(34-14-9-21(35)17-34)16-24(29)25(23)31-27(32-26)28(30)10-4-11-28/h2-3,5-6,15-16,19,21,35H,4,7-14,17H2,1H3/t21-/m0/s1. The van der Waals surface area contributed by atoms with E-state index in [1.807, 2.05) is 6.07 Å². The van der Waals surface area contributed by atoms with Crippen LogP contribution < -0.4 is 9.80 Å². The summed E-state index contributed by atoms with van der Waals surface area (Å²) in [4.78, 5) is 14.0. The molecule has 184 valence electrons. The third-order valence-corrected chi connectivity index (χ3v) is 8.50. The fourth-order valence-corrected chi connectivity index (χ4v) is 6.17. The van der Waals surface area contributed by atoms with Gasteiger partial charge in [0, 0.05) is 37.3 Å². The van der Waals surface area contributed by atoms with Gasteiger partial charge in [0.25, 0.3) is 0 Å². The summed E-state index contributed by atoms with van der Waals surface area (Å²) in [6.07, 6.45) is 4.26. The minimum absolute atomic E-state index is 0.276. The lowest BCUT2D eigenvalue weighted by molar-refractivity contribution is 0.0512. The SMILES string of the molecule is Cc1ccccc1C1CCN(c2nc(C3(F)CCC3)nc3c(Cl)cc(N4CC[C@H](O)C4)cc23)CC1. The lowest BCUT2D eigenvalue weighted by Crippen LogP contribution is -2.36. The number of piperidine rings is 1. The first-order chi connectivity index (χ1) is 16.9. The Hall–Kier alpha value is -2.44. The molecule has 3 aliphatic rings. The van der Waals surface area contributed by atoms with Crippen LogP contribution in [0.5, 0.6) is 0 Å². The molecule has 35 heavy (non-hydrogen) atoms. The van der Waals surface area contributed by atoms with Crippen molar-refractivity contribution in [1.82, 2.24) is 9.97 Å². The Morgan fingerprint density at radius 1 is 1.03 bits per heavy atom. The molecule has 1 aromatic heterocycles. The van der Waals surface area contributed by atoms with E-state index in [0.29, 0.717) is 35.8 Å². The third-order valence-electron chi connectivity index (χ3n) is 8.22. The molecule has 3 heterocycles. The molecular weight excluding hydrogens is 463 g/mol. The van der Waals surface area contributed by atoms with Crippen LogP contribution in [-0.2, 0) is 5.67 Å². The van der Waals surface area contributed by atoms with Crippen molar-refractivity contribution in [3.05, 3.63) is 58.4 Å². The number of anilines is 2. The topological polar surface area (TPSA) is 52.5 Å². The highest BCUT2D eigenvalue weighted by Gasteiger charge is 2.43. The summed E-state index contributed by atoms with van der Waals surface area (Å²) in [6.45, 7) is 5.27. The monoisotopic (exact) mass is 494 g/mol. The molecule has 0 radical (unpaired) electrons. The number of benzene rings is 2. The minimum Gasteiger partial charge on any atom is -0.391 e. The first kappa shape index (κ1) is 23.0. The molecule has 0 unspecified atom stereocenters. The summed E-state index contributed by atoms with van der Waals surface area (Å²) < 4.78 is 15.5. The van der Waals surface area contributed by atoms with Crippen molar-refractivity contribution in [2.24, 2.45) is 0 Å². The number of β-amino-alcohol motifs (C(OH)–C–C–N with tert-alkyl or cyclic N) is 1. The zero-order chi connectivity index (χ0) is 24.2. The normalized spacial score (nSPS) is 22.6. The van der Waals surface area contributed by atoms with Gasteiger partial charge in [-0.3, -0.25) is 0 Å². The van der Waals surface area contributed by atoms with E-state index >= 15 is 4.39 Å². The zero-order valence-electron chi connectivity index (χ0n) is 20.2. The first-order valence-electron chi connectivity index (χ1n) is 12.9. The average molecular weight is 495 g/mol. The van der Waals surface area contributed by atoms with Gasteiger partial charge in [-0.25, -0.2) is 14.4 Å². The van der Waals surface area contributed by atoms with Gasteiger partial charge in [0.05, 0.1) is 16.6 Å². The Morgan fingerprint density at radius 2 is 1.77 bits per heavy atom. The van der Waals surface area contributed by atoms with Gasteiger partial charge in [-0.05, 0) is 74.6 Å². The molecular formula is C28H32ClFN4O. The quantitative estimate of drug-likeness (QED) is 0.489. The van der Waals surface area contributed by atoms with E-state index in [-0.39, 0.29) is 11.9 Å². The van der Waals surface area contributed by atoms with Crippen LogP contribution in [0.4, 0.5) is 15.9 Å². The molecule has 1 atom stereocenters. The molecule has 2 aromatic carbocycles. The summed E-state index contributed by atoms with van der Waals surface area (Å²) in [6, 6.07) is 12.6. The Kier molecular flexibility index (Phi) is 5.84. The van der Waals surface area contributed by atoms with Crippen LogP contribution >= 0.6 is 11.6 Å². The molecule has 1 N–H and O–H groups in total. The second kappa shape index (κ2) is 8.90. The number of aromatic nitrogens is 2. The number of rotatable bonds is 4. The average Bonchev–Trinajstić information content (AvgIpc) is 3.29. The maximum atomic E-state index is 15.5. The molecule has 1 aliphatic carbocycles. The number of aliphatic hydroxyl groups excluding tert-OH is 1. The van der Waals surface area contributed by atoms with Crippen molar-refractivity contribution < 1.29 is 9.50 Å². The fourth-order valence-electron chi connectivity index (χ4n) is 5.92.